The normalized spacial score (nSPS) is 22.6. The van der Waals surface area contributed by atoms with Gasteiger partial charge in [-0.2, -0.15) is 14.8 Å². The van der Waals surface area contributed by atoms with Gasteiger partial charge in [0.1, 0.15) is 5.82 Å². The lowest BCUT2D eigenvalue weighted by Gasteiger charge is -2.34. The van der Waals surface area contributed by atoms with Crippen molar-refractivity contribution < 1.29 is 19.1 Å². The Labute approximate surface area is 162 Å². The lowest BCUT2D eigenvalue weighted by atomic mass is 10.2. The molecule has 0 aromatic carbocycles. The zero-order valence-corrected chi connectivity index (χ0v) is 16.2. The van der Waals surface area contributed by atoms with Crippen LogP contribution in [0.1, 0.15) is 26.5 Å². The molecule has 1 aromatic rings. The SMILES string of the molecule is C=C1C(=O)N=C(n2nc(C)cc2NC(=O)C(=O)N2CC(C)OC(C)C2)N=C1C. The fourth-order valence-electron chi connectivity index (χ4n) is 3.05. The second-order valence-electron chi connectivity index (χ2n) is 6.90. The summed E-state index contributed by atoms with van der Waals surface area (Å²) in [5.74, 6) is -1.81. The summed E-state index contributed by atoms with van der Waals surface area (Å²) in [6.45, 7) is 11.3. The molecule has 3 amide bonds. The Kier molecular flexibility index (Phi) is 5.23. The molecule has 3 heterocycles. The molecule has 2 aliphatic heterocycles. The van der Waals surface area contributed by atoms with Crippen LogP contribution in [0.15, 0.2) is 28.2 Å². The molecule has 10 nitrogen and oxygen atoms in total. The Morgan fingerprint density at radius 2 is 1.86 bits per heavy atom. The Morgan fingerprint density at radius 1 is 1.21 bits per heavy atom. The predicted molar refractivity (Wildman–Crippen MR) is 102 cm³/mol. The van der Waals surface area contributed by atoms with Crippen LogP contribution in [0.3, 0.4) is 0 Å². The Bertz CT molecular complexity index is 919. The number of carbonyl (C=O) groups excluding carboxylic acids is 3. The third-order valence-electron chi connectivity index (χ3n) is 4.33. The van der Waals surface area contributed by atoms with Gasteiger partial charge in [-0.05, 0) is 27.7 Å². The number of anilines is 1. The number of nitrogens with one attached hydrogen (secondary N) is 1. The highest BCUT2D eigenvalue weighted by Gasteiger charge is 2.30. The molecule has 0 spiro atoms. The van der Waals surface area contributed by atoms with Crippen molar-refractivity contribution in [3.8, 4) is 0 Å². The van der Waals surface area contributed by atoms with Crippen molar-refractivity contribution in [2.75, 3.05) is 18.4 Å². The van der Waals surface area contributed by atoms with E-state index >= 15 is 0 Å². The molecule has 1 aromatic heterocycles. The molecule has 2 unspecified atom stereocenters. The van der Waals surface area contributed by atoms with E-state index in [9.17, 15) is 14.4 Å². The van der Waals surface area contributed by atoms with E-state index in [0.717, 1.165) is 0 Å². The summed E-state index contributed by atoms with van der Waals surface area (Å²) in [4.78, 5) is 46.5. The van der Waals surface area contributed by atoms with Crippen molar-refractivity contribution in [2.45, 2.75) is 39.9 Å². The maximum Gasteiger partial charge on any atom is 0.315 e. The Balaban J connectivity index is 1.81. The summed E-state index contributed by atoms with van der Waals surface area (Å²) in [6.07, 6.45) is -0.303. The van der Waals surface area contributed by atoms with E-state index in [1.807, 2.05) is 13.8 Å². The summed E-state index contributed by atoms with van der Waals surface area (Å²) in [5, 5.41) is 6.76. The Morgan fingerprint density at radius 3 is 2.46 bits per heavy atom. The van der Waals surface area contributed by atoms with Crippen LogP contribution in [0, 0.1) is 6.92 Å². The minimum atomic E-state index is -0.810. The average molecular weight is 386 g/mol. The maximum atomic E-state index is 12.5. The predicted octanol–water partition coefficient (Wildman–Crippen LogP) is 0.527. The number of aromatic nitrogens is 2. The van der Waals surface area contributed by atoms with Crippen LogP contribution in [0.25, 0.3) is 0 Å². The number of aryl methyl sites for hydroxylation is 1. The first-order valence-electron chi connectivity index (χ1n) is 8.86. The zero-order chi connectivity index (χ0) is 20.6. The number of ether oxygens (including phenoxy) is 1. The number of morpholine rings is 1. The number of carbonyl (C=O) groups is 3. The lowest BCUT2D eigenvalue weighted by molar-refractivity contribution is -0.151. The van der Waals surface area contributed by atoms with E-state index in [1.165, 1.54) is 9.58 Å². The standard InChI is InChI=1S/C18H22N6O4/c1-9-6-14(24(22-9)18-19-13(5)12(4)15(25)21-18)20-16(26)17(27)23-7-10(2)28-11(3)8-23/h6,10-11H,4,7-8H2,1-3,5H3,(H,20,26). The van der Waals surface area contributed by atoms with E-state index in [1.54, 1.807) is 19.9 Å². The monoisotopic (exact) mass is 386 g/mol. The van der Waals surface area contributed by atoms with Crippen LogP contribution in [0.5, 0.6) is 0 Å². The molecular formula is C18H22N6O4. The van der Waals surface area contributed by atoms with E-state index in [2.05, 4.69) is 27.0 Å². The maximum absolute atomic E-state index is 12.5. The molecule has 0 bridgehead atoms. The molecule has 0 radical (unpaired) electrons. The first-order valence-corrected chi connectivity index (χ1v) is 8.86. The van der Waals surface area contributed by atoms with E-state index in [-0.39, 0.29) is 29.6 Å². The summed E-state index contributed by atoms with van der Waals surface area (Å²) >= 11 is 0. The third-order valence-corrected chi connectivity index (χ3v) is 4.33. The zero-order valence-electron chi connectivity index (χ0n) is 16.2. The van der Waals surface area contributed by atoms with Crippen LogP contribution in [-0.2, 0) is 19.1 Å². The third kappa shape index (κ3) is 3.91. The molecule has 1 saturated heterocycles. The molecule has 3 rings (SSSR count). The molecule has 0 saturated carbocycles. The van der Waals surface area contributed by atoms with Gasteiger partial charge < -0.3 is 15.0 Å². The van der Waals surface area contributed by atoms with E-state index < -0.39 is 17.7 Å². The highest BCUT2D eigenvalue weighted by atomic mass is 16.5. The minimum absolute atomic E-state index is 0.000587. The first kappa shape index (κ1) is 19.6. The van der Waals surface area contributed by atoms with Gasteiger partial charge in [-0.1, -0.05) is 6.58 Å². The number of amides is 3. The van der Waals surface area contributed by atoms with Crippen molar-refractivity contribution >= 4 is 35.2 Å². The topological polar surface area (TPSA) is 118 Å². The van der Waals surface area contributed by atoms with Crippen LogP contribution >= 0.6 is 0 Å². The summed E-state index contributed by atoms with van der Waals surface area (Å²) in [5.41, 5.74) is 1.17. The molecule has 1 fully saturated rings. The van der Waals surface area contributed by atoms with Crippen LogP contribution in [0.2, 0.25) is 0 Å². The highest BCUT2D eigenvalue weighted by molar-refractivity contribution is 6.39. The molecular weight excluding hydrogens is 364 g/mol. The fraction of sp³-hybridized carbons (Fsp3) is 0.444. The summed E-state index contributed by atoms with van der Waals surface area (Å²) < 4.78 is 6.81. The molecule has 2 aliphatic rings. The Hall–Kier alpha value is -3.14. The van der Waals surface area contributed by atoms with Gasteiger partial charge in [0.15, 0.2) is 0 Å². The van der Waals surface area contributed by atoms with Crippen LogP contribution in [0.4, 0.5) is 5.82 Å². The minimum Gasteiger partial charge on any atom is -0.372 e. The van der Waals surface area contributed by atoms with Gasteiger partial charge in [-0.3, -0.25) is 14.4 Å². The molecule has 28 heavy (non-hydrogen) atoms. The van der Waals surface area contributed by atoms with Gasteiger partial charge in [0.05, 0.1) is 29.2 Å². The van der Waals surface area contributed by atoms with Crippen molar-refractivity contribution in [1.29, 1.82) is 0 Å². The fourth-order valence-corrected chi connectivity index (χ4v) is 3.05. The smallest absolute Gasteiger partial charge is 0.315 e. The van der Waals surface area contributed by atoms with E-state index in [0.29, 0.717) is 24.5 Å². The first-order chi connectivity index (χ1) is 13.2. The molecule has 0 aliphatic carbocycles. The highest BCUT2D eigenvalue weighted by Crippen LogP contribution is 2.16. The average Bonchev–Trinajstić information content (AvgIpc) is 2.97. The van der Waals surface area contributed by atoms with Gasteiger partial charge in [-0.15, -0.1) is 0 Å². The molecule has 10 heteroatoms. The number of hydrogen-bond donors (Lipinski definition) is 1. The van der Waals surface area contributed by atoms with Crippen molar-refractivity contribution in [3.63, 3.8) is 0 Å². The quantitative estimate of drug-likeness (QED) is 0.558. The summed E-state index contributed by atoms with van der Waals surface area (Å²) in [7, 11) is 0. The summed E-state index contributed by atoms with van der Waals surface area (Å²) in [6, 6.07) is 1.57. The molecule has 1 N–H and O–H groups in total. The number of rotatable bonds is 1. The second-order valence-corrected chi connectivity index (χ2v) is 6.90. The second kappa shape index (κ2) is 7.47. The lowest BCUT2D eigenvalue weighted by Crippen LogP contribution is -2.51. The van der Waals surface area contributed by atoms with Crippen molar-refractivity contribution in [2.24, 2.45) is 9.98 Å². The molecule has 2 atom stereocenters. The molecule has 148 valence electrons. The number of hydrogen-bond acceptors (Lipinski definition) is 6. The van der Waals surface area contributed by atoms with Crippen LogP contribution in [-0.4, -0.2) is 69.4 Å². The van der Waals surface area contributed by atoms with Crippen molar-refractivity contribution in [3.05, 3.63) is 23.9 Å². The van der Waals surface area contributed by atoms with Gasteiger partial charge in [0.25, 0.3) is 11.9 Å². The van der Waals surface area contributed by atoms with Gasteiger partial charge in [0.2, 0.25) is 0 Å². The van der Waals surface area contributed by atoms with E-state index in [4.69, 9.17) is 4.74 Å². The number of nitrogens with zero attached hydrogens (tertiary/aromatic N) is 5. The van der Waals surface area contributed by atoms with Crippen molar-refractivity contribution in [1.82, 2.24) is 14.7 Å². The number of aliphatic imine (C=N–C) groups is 2. The van der Waals surface area contributed by atoms with Gasteiger partial charge >= 0.3 is 11.8 Å². The largest absolute Gasteiger partial charge is 0.372 e. The van der Waals surface area contributed by atoms with Gasteiger partial charge in [0, 0.05) is 19.2 Å². The van der Waals surface area contributed by atoms with Gasteiger partial charge in [-0.25, -0.2) is 4.99 Å². The van der Waals surface area contributed by atoms with Crippen LogP contribution < -0.4 is 5.32 Å².